The van der Waals surface area contributed by atoms with Crippen LogP contribution in [0.25, 0.3) is 0 Å². The van der Waals surface area contributed by atoms with E-state index in [-0.39, 0.29) is 5.57 Å². The number of esters is 1. The van der Waals surface area contributed by atoms with Crippen molar-refractivity contribution in [1.29, 1.82) is 0 Å². The summed E-state index contributed by atoms with van der Waals surface area (Å²) >= 11 is 0. The molecular weight excluding hydrogens is 266 g/mol. The molecule has 0 amide bonds. The van der Waals surface area contributed by atoms with Crippen LogP contribution in [0.3, 0.4) is 0 Å². The molecule has 0 heterocycles. The van der Waals surface area contributed by atoms with Gasteiger partial charge in [-0.3, -0.25) is 0 Å². The summed E-state index contributed by atoms with van der Waals surface area (Å²) < 4.78 is 79.4. The second kappa shape index (κ2) is 4.81. The number of hydrogen-bond donors (Lipinski definition) is 0. The summed E-state index contributed by atoms with van der Waals surface area (Å²) in [6.45, 7) is 5.18. The van der Waals surface area contributed by atoms with E-state index in [4.69, 9.17) is 0 Å². The molecule has 0 aromatic rings. The zero-order chi connectivity index (χ0) is 14.9. The van der Waals surface area contributed by atoms with Crippen LogP contribution in [0.15, 0.2) is 12.2 Å². The van der Waals surface area contributed by atoms with Gasteiger partial charge in [-0.25, -0.2) is 9.18 Å². The molecule has 0 spiro atoms. The molecule has 0 fully saturated rings. The SMILES string of the molecule is C=C(C)C(=O)OC(C)(C)C(F)(F)C(F)C(F)(F)F. The Hall–Kier alpha value is -1.21. The predicted octanol–water partition coefficient (Wildman–Crippen LogP) is 3.42. The molecule has 0 aromatic heterocycles. The van der Waals surface area contributed by atoms with Gasteiger partial charge in [-0.05, 0) is 20.8 Å². The highest BCUT2D eigenvalue weighted by Crippen LogP contribution is 2.43. The number of alkyl halides is 6. The van der Waals surface area contributed by atoms with Crippen LogP contribution in [0.4, 0.5) is 26.3 Å². The van der Waals surface area contributed by atoms with Crippen molar-refractivity contribution in [3.63, 3.8) is 0 Å². The maximum absolute atomic E-state index is 13.3. The molecule has 0 radical (unpaired) electrons. The van der Waals surface area contributed by atoms with Crippen molar-refractivity contribution >= 4 is 5.97 Å². The molecule has 0 rings (SSSR count). The molecule has 1 unspecified atom stereocenters. The van der Waals surface area contributed by atoms with Crippen molar-refractivity contribution in [2.24, 2.45) is 0 Å². The Kier molecular flexibility index (Phi) is 4.49. The fourth-order valence-electron chi connectivity index (χ4n) is 0.898. The summed E-state index contributed by atoms with van der Waals surface area (Å²) in [6, 6.07) is 0. The first-order valence-electron chi connectivity index (χ1n) is 4.71. The molecule has 0 aliphatic heterocycles. The third-order valence-corrected chi connectivity index (χ3v) is 2.10. The molecular formula is C10H12F6O2. The van der Waals surface area contributed by atoms with Crippen molar-refractivity contribution in [2.45, 2.75) is 44.6 Å². The van der Waals surface area contributed by atoms with E-state index in [1.807, 2.05) is 0 Å². The fourth-order valence-corrected chi connectivity index (χ4v) is 0.898. The Morgan fingerprint density at radius 1 is 1.17 bits per heavy atom. The van der Waals surface area contributed by atoms with Crippen LogP contribution < -0.4 is 0 Å². The maximum Gasteiger partial charge on any atom is 0.425 e. The van der Waals surface area contributed by atoms with Crippen LogP contribution in [0.1, 0.15) is 20.8 Å². The second-order valence-corrected chi connectivity index (χ2v) is 4.21. The summed E-state index contributed by atoms with van der Waals surface area (Å²) in [7, 11) is 0. The lowest BCUT2D eigenvalue weighted by molar-refractivity contribution is -0.289. The lowest BCUT2D eigenvalue weighted by atomic mass is 9.95. The summed E-state index contributed by atoms with van der Waals surface area (Å²) in [6.07, 6.45) is -10.2. The minimum Gasteiger partial charge on any atom is -0.450 e. The molecule has 0 N–H and O–H groups in total. The average molecular weight is 278 g/mol. The molecule has 1 atom stereocenters. The van der Waals surface area contributed by atoms with Gasteiger partial charge in [-0.2, -0.15) is 22.0 Å². The number of carbonyl (C=O) groups excluding carboxylic acids is 1. The van der Waals surface area contributed by atoms with Gasteiger partial charge in [0.15, 0.2) is 5.60 Å². The van der Waals surface area contributed by atoms with Gasteiger partial charge in [-0.1, -0.05) is 6.58 Å². The van der Waals surface area contributed by atoms with Gasteiger partial charge in [0.1, 0.15) is 0 Å². The maximum atomic E-state index is 13.3. The van der Waals surface area contributed by atoms with Crippen molar-refractivity contribution in [3.05, 3.63) is 12.2 Å². The lowest BCUT2D eigenvalue weighted by Crippen LogP contribution is -2.56. The molecule has 0 aliphatic carbocycles. The van der Waals surface area contributed by atoms with Crippen molar-refractivity contribution in [1.82, 2.24) is 0 Å². The molecule has 8 heteroatoms. The van der Waals surface area contributed by atoms with Gasteiger partial charge in [0.25, 0.3) is 6.17 Å². The molecule has 0 bridgehead atoms. The standard InChI is InChI=1S/C10H12F6O2/c1-5(2)6(17)18-8(3,4)9(12,13)7(11)10(14,15)16/h7H,1H2,2-4H3. The molecule has 0 aromatic carbocycles. The second-order valence-electron chi connectivity index (χ2n) is 4.21. The third-order valence-electron chi connectivity index (χ3n) is 2.10. The molecule has 18 heavy (non-hydrogen) atoms. The van der Waals surface area contributed by atoms with Crippen LogP contribution in [-0.2, 0) is 9.53 Å². The average Bonchev–Trinajstić information content (AvgIpc) is 2.13. The number of ether oxygens (including phenoxy) is 1. The van der Waals surface area contributed by atoms with E-state index in [1.165, 1.54) is 0 Å². The number of halogens is 6. The van der Waals surface area contributed by atoms with Crippen LogP contribution in [0.2, 0.25) is 0 Å². The minimum atomic E-state index is -5.75. The molecule has 0 aliphatic rings. The normalized spacial score (nSPS) is 15.2. The van der Waals surface area contributed by atoms with Crippen LogP contribution in [-0.4, -0.2) is 29.8 Å². The monoisotopic (exact) mass is 278 g/mol. The van der Waals surface area contributed by atoms with Crippen LogP contribution >= 0.6 is 0 Å². The van der Waals surface area contributed by atoms with Crippen molar-refractivity contribution in [3.8, 4) is 0 Å². The Labute approximate surface area is 99.6 Å². The fraction of sp³-hybridized carbons (Fsp3) is 0.700. The summed E-state index contributed by atoms with van der Waals surface area (Å²) in [5.74, 6) is -6.25. The molecule has 2 nitrogen and oxygen atoms in total. The Morgan fingerprint density at radius 3 is 1.83 bits per heavy atom. The minimum absolute atomic E-state index is 0.290. The topological polar surface area (TPSA) is 26.3 Å². The highest BCUT2D eigenvalue weighted by atomic mass is 19.4. The summed E-state index contributed by atoms with van der Waals surface area (Å²) in [5, 5.41) is 0. The highest BCUT2D eigenvalue weighted by Gasteiger charge is 2.65. The number of rotatable bonds is 4. The first-order chi connectivity index (χ1) is 7.73. The number of carbonyl (C=O) groups is 1. The Bertz CT molecular complexity index is 345. The molecule has 106 valence electrons. The predicted molar refractivity (Wildman–Crippen MR) is 50.9 cm³/mol. The van der Waals surface area contributed by atoms with Gasteiger partial charge in [-0.15, -0.1) is 0 Å². The van der Waals surface area contributed by atoms with Gasteiger partial charge in [0.2, 0.25) is 0 Å². The third kappa shape index (κ3) is 3.39. The first kappa shape index (κ1) is 16.8. The Balaban J connectivity index is 5.20. The van der Waals surface area contributed by atoms with E-state index in [9.17, 15) is 31.1 Å². The van der Waals surface area contributed by atoms with E-state index in [1.54, 1.807) is 0 Å². The van der Waals surface area contributed by atoms with Gasteiger partial charge in [0, 0.05) is 5.57 Å². The first-order valence-corrected chi connectivity index (χ1v) is 4.71. The zero-order valence-corrected chi connectivity index (χ0v) is 9.87. The van der Waals surface area contributed by atoms with Crippen LogP contribution in [0, 0.1) is 0 Å². The van der Waals surface area contributed by atoms with Crippen molar-refractivity contribution < 1.29 is 35.9 Å². The smallest absolute Gasteiger partial charge is 0.425 e. The van der Waals surface area contributed by atoms with E-state index < -0.39 is 29.8 Å². The van der Waals surface area contributed by atoms with Gasteiger partial charge in [0.05, 0.1) is 0 Å². The Morgan fingerprint density at radius 2 is 1.56 bits per heavy atom. The molecule has 0 saturated carbocycles. The summed E-state index contributed by atoms with van der Waals surface area (Å²) in [5.41, 5.74) is -3.25. The summed E-state index contributed by atoms with van der Waals surface area (Å²) in [4.78, 5) is 11.0. The van der Waals surface area contributed by atoms with E-state index in [0.29, 0.717) is 13.8 Å². The van der Waals surface area contributed by atoms with Gasteiger partial charge < -0.3 is 4.74 Å². The lowest BCUT2D eigenvalue weighted by Gasteiger charge is -2.35. The van der Waals surface area contributed by atoms with Crippen LogP contribution in [0.5, 0.6) is 0 Å². The highest BCUT2D eigenvalue weighted by molar-refractivity contribution is 5.87. The largest absolute Gasteiger partial charge is 0.450 e. The zero-order valence-electron chi connectivity index (χ0n) is 9.87. The molecule has 0 saturated heterocycles. The van der Waals surface area contributed by atoms with Crippen molar-refractivity contribution in [2.75, 3.05) is 0 Å². The van der Waals surface area contributed by atoms with E-state index in [0.717, 1.165) is 6.92 Å². The van der Waals surface area contributed by atoms with E-state index >= 15 is 0 Å². The van der Waals surface area contributed by atoms with E-state index in [2.05, 4.69) is 11.3 Å². The van der Waals surface area contributed by atoms with Gasteiger partial charge >= 0.3 is 18.1 Å². The number of hydrogen-bond acceptors (Lipinski definition) is 2. The quantitative estimate of drug-likeness (QED) is 0.447.